The molecule has 0 spiro atoms. The van der Waals surface area contributed by atoms with Crippen LogP contribution in [0.4, 0.5) is 52.0 Å². The predicted octanol–water partition coefficient (Wildman–Crippen LogP) is 9.37. The Bertz CT molecular complexity index is 1800. The molecule has 3 N–H and O–H groups in total. The molecule has 53 heavy (non-hydrogen) atoms. The van der Waals surface area contributed by atoms with Crippen molar-refractivity contribution in [3.8, 4) is 23.0 Å². The van der Waals surface area contributed by atoms with E-state index in [9.17, 15) is 0 Å². The lowest BCUT2D eigenvalue weighted by atomic mass is 10.2. The summed E-state index contributed by atoms with van der Waals surface area (Å²) in [6, 6.07) is 25.7. The van der Waals surface area contributed by atoms with Gasteiger partial charge < -0.3 is 39.8 Å². The van der Waals surface area contributed by atoms with Gasteiger partial charge in [-0.3, -0.25) is 0 Å². The first kappa shape index (κ1) is 37.9. The van der Waals surface area contributed by atoms with Crippen LogP contribution in [0.2, 0.25) is 0 Å². The van der Waals surface area contributed by atoms with Crippen molar-refractivity contribution in [2.45, 2.75) is 20.3 Å². The average Bonchev–Trinajstić information content (AvgIpc) is 3.20. The number of azo groups is 2. The normalized spacial score (nSPS) is 11.2. The third-order valence-electron chi connectivity index (χ3n) is 8.05. The van der Waals surface area contributed by atoms with Gasteiger partial charge in [-0.2, -0.15) is 25.2 Å². The quantitative estimate of drug-likeness (QED) is 0.0550. The van der Waals surface area contributed by atoms with Crippen molar-refractivity contribution < 1.29 is 18.9 Å². The number of benzene rings is 4. The van der Waals surface area contributed by atoms with Crippen LogP contribution in [0.5, 0.6) is 23.0 Å². The van der Waals surface area contributed by atoms with Crippen molar-refractivity contribution in [1.29, 1.82) is 0 Å². The molecular formula is C38H45N11O4. The molecular weight excluding hydrogens is 674 g/mol. The molecule has 0 unspecified atom stereocenters. The van der Waals surface area contributed by atoms with Crippen LogP contribution in [0.15, 0.2) is 105 Å². The fourth-order valence-corrected chi connectivity index (χ4v) is 5.17. The van der Waals surface area contributed by atoms with Gasteiger partial charge in [0, 0.05) is 17.9 Å². The van der Waals surface area contributed by atoms with Gasteiger partial charge in [0.1, 0.15) is 23.0 Å². The number of methoxy groups -OCH3 is 4. The summed E-state index contributed by atoms with van der Waals surface area (Å²) in [6.45, 7) is 8.02. The molecule has 276 valence electrons. The molecule has 0 aliphatic rings. The van der Waals surface area contributed by atoms with Gasteiger partial charge in [-0.25, -0.2) is 0 Å². The van der Waals surface area contributed by atoms with Crippen LogP contribution in [0.3, 0.4) is 0 Å². The first-order chi connectivity index (χ1) is 26.0. The number of ether oxygens (including phenoxy) is 4. The fourth-order valence-electron chi connectivity index (χ4n) is 5.17. The topological polar surface area (TPSA) is 164 Å². The first-order valence-electron chi connectivity index (χ1n) is 17.2. The molecule has 0 saturated heterocycles. The molecule has 0 amide bonds. The number of nitrogens with one attached hydrogen (secondary N) is 3. The van der Waals surface area contributed by atoms with Crippen molar-refractivity contribution >= 4 is 52.0 Å². The Morgan fingerprint density at radius 2 is 0.925 bits per heavy atom. The van der Waals surface area contributed by atoms with Gasteiger partial charge in [-0.15, -0.1) is 10.2 Å². The molecule has 0 radical (unpaired) electrons. The van der Waals surface area contributed by atoms with Gasteiger partial charge in [0.15, 0.2) is 11.4 Å². The fraction of sp³-hybridized carbons (Fsp3) is 0.289. The first-order valence-corrected chi connectivity index (χ1v) is 17.2. The van der Waals surface area contributed by atoms with E-state index in [1.54, 1.807) is 52.7 Å². The minimum Gasteiger partial charge on any atom is -0.494 e. The summed E-state index contributed by atoms with van der Waals surface area (Å²) in [5, 5.41) is 27.4. The number of anilines is 5. The van der Waals surface area contributed by atoms with Crippen molar-refractivity contribution in [3.05, 3.63) is 84.9 Å². The van der Waals surface area contributed by atoms with Crippen LogP contribution in [0.25, 0.3) is 0 Å². The number of nitrogens with zero attached hydrogens (tertiary/aromatic N) is 8. The Hall–Kier alpha value is -6.35. The van der Waals surface area contributed by atoms with Crippen LogP contribution >= 0.6 is 0 Å². The van der Waals surface area contributed by atoms with E-state index in [4.69, 9.17) is 18.9 Å². The van der Waals surface area contributed by atoms with Crippen LogP contribution in [-0.2, 0) is 0 Å². The minimum absolute atomic E-state index is 0.359. The molecule has 5 aromatic rings. The lowest BCUT2D eigenvalue weighted by Gasteiger charge is -2.17. The minimum atomic E-state index is 0.359. The third-order valence-corrected chi connectivity index (χ3v) is 8.05. The summed E-state index contributed by atoms with van der Waals surface area (Å²) in [4.78, 5) is 16.3. The Kier molecular flexibility index (Phi) is 13.8. The number of hydrogen-bond acceptors (Lipinski definition) is 15. The molecule has 4 aromatic carbocycles. The lowest BCUT2D eigenvalue weighted by molar-refractivity contribution is 0.303. The standard InChI is InChI=1S/C38H45N11O4/c1-7-49(8-2)25-11-24-39-36-42-37(40-26-16-20-28(21-17-26)45-47-34-30(50-3)12-9-13-31(34)51-4)44-38(43-36)41-27-18-22-29(23-19-27)46-48-35-32(52-5)14-10-15-33(35)53-6/h9-10,12-23H,7-8,11,24-25H2,1-6H3,(H3,39,40,41,42,43,44). The molecule has 0 saturated carbocycles. The van der Waals surface area contributed by atoms with Crippen molar-refractivity contribution in [3.63, 3.8) is 0 Å². The maximum atomic E-state index is 5.42. The van der Waals surface area contributed by atoms with E-state index in [1.807, 2.05) is 60.7 Å². The van der Waals surface area contributed by atoms with E-state index in [0.29, 0.717) is 70.1 Å². The molecule has 5 rings (SSSR count). The molecule has 15 heteroatoms. The smallest absolute Gasteiger partial charge is 0.233 e. The van der Waals surface area contributed by atoms with Gasteiger partial charge in [0.25, 0.3) is 0 Å². The maximum absolute atomic E-state index is 5.42. The number of hydrogen-bond donors (Lipinski definition) is 3. The zero-order valence-corrected chi connectivity index (χ0v) is 30.8. The summed E-state index contributed by atoms with van der Waals surface area (Å²) in [5.41, 5.74) is 3.81. The summed E-state index contributed by atoms with van der Waals surface area (Å²) >= 11 is 0. The predicted molar refractivity (Wildman–Crippen MR) is 208 cm³/mol. The molecule has 0 bridgehead atoms. The second kappa shape index (κ2) is 19.3. The molecule has 0 aliphatic heterocycles. The monoisotopic (exact) mass is 719 g/mol. The average molecular weight is 720 g/mol. The van der Waals surface area contributed by atoms with Crippen molar-refractivity contribution in [1.82, 2.24) is 19.9 Å². The number of rotatable bonds is 19. The highest BCUT2D eigenvalue weighted by Crippen LogP contribution is 2.39. The number of aromatic nitrogens is 3. The van der Waals surface area contributed by atoms with E-state index in [1.165, 1.54) is 0 Å². The summed E-state index contributed by atoms with van der Waals surface area (Å²) in [7, 11) is 6.32. The van der Waals surface area contributed by atoms with E-state index < -0.39 is 0 Å². The van der Waals surface area contributed by atoms with Crippen LogP contribution in [0, 0.1) is 0 Å². The van der Waals surface area contributed by atoms with Gasteiger partial charge in [-0.05, 0) is 98.9 Å². The zero-order chi connectivity index (χ0) is 37.4. The van der Waals surface area contributed by atoms with Gasteiger partial charge >= 0.3 is 0 Å². The molecule has 15 nitrogen and oxygen atoms in total. The van der Waals surface area contributed by atoms with E-state index >= 15 is 0 Å². The zero-order valence-electron chi connectivity index (χ0n) is 30.8. The maximum Gasteiger partial charge on any atom is 0.233 e. The summed E-state index contributed by atoms with van der Waals surface area (Å²) < 4.78 is 21.7. The Balaban J connectivity index is 1.31. The molecule has 0 aliphatic carbocycles. The van der Waals surface area contributed by atoms with Gasteiger partial charge in [0.05, 0.1) is 39.8 Å². The Morgan fingerprint density at radius 3 is 1.30 bits per heavy atom. The highest BCUT2D eigenvalue weighted by Gasteiger charge is 2.12. The molecule has 0 fully saturated rings. The Labute approximate surface area is 309 Å². The summed E-state index contributed by atoms with van der Waals surface area (Å²) in [5.74, 6) is 3.42. The second-order valence-electron chi connectivity index (χ2n) is 11.4. The Morgan fingerprint density at radius 1 is 0.528 bits per heavy atom. The SMILES string of the molecule is CCN(CC)CCCNc1nc(Nc2ccc(N=Nc3c(OC)cccc3OC)cc2)nc(Nc2ccc(N=Nc3c(OC)cccc3OC)cc2)n1. The lowest BCUT2D eigenvalue weighted by Crippen LogP contribution is -2.25. The second-order valence-corrected chi connectivity index (χ2v) is 11.4. The van der Waals surface area contributed by atoms with Crippen LogP contribution in [0.1, 0.15) is 20.3 Å². The van der Waals surface area contributed by atoms with E-state index in [2.05, 4.69) is 70.1 Å². The summed E-state index contributed by atoms with van der Waals surface area (Å²) in [6.07, 6.45) is 0.937. The van der Waals surface area contributed by atoms with Crippen LogP contribution < -0.4 is 34.9 Å². The van der Waals surface area contributed by atoms with Gasteiger partial charge in [0.2, 0.25) is 17.8 Å². The van der Waals surface area contributed by atoms with Crippen molar-refractivity contribution in [2.24, 2.45) is 20.5 Å². The van der Waals surface area contributed by atoms with Crippen molar-refractivity contribution in [2.75, 3.05) is 70.6 Å². The molecule has 1 aromatic heterocycles. The molecule has 1 heterocycles. The molecule has 0 atom stereocenters. The van der Waals surface area contributed by atoms with Gasteiger partial charge in [-0.1, -0.05) is 26.0 Å². The van der Waals surface area contributed by atoms with E-state index in [0.717, 1.165) is 37.4 Å². The third kappa shape index (κ3) is 10.6. The highest BCUT2D eigenvalue weighted by molar-refractivity contribution is 5.64. The van der Waals surface area contributed by atoms with Crippen LogP contribution in [-0.4, -0.2) is 74.5 Å². The highest BCUT2D eigenvalue weighted by atomic mass is 16.5. The van der Waals surface area contributed by atoms with E-state index in [-0.39, 0.29) is 0 Å². The largest absolute Gasteiger partial charge is 0.494 e.